The molecule has 0 radical (unpaired) electrons. The molecule has 0 spiro atoms. The summed E-state index contributed by atoms with van der Waals surface area (Å²) in [6.45, 7) is 3.57. The average molecular weight is 840 g/mol. The van der Waals surface area contributed by atoms with Gasteiger partial charge in [-0.15, -0.1) is 0 Å². The molecular weight excluding hydrogens is 755 g/mol. The second-order valence-corrected chi connectivity index (χ2v) is 15.8. The van der Waals surface area contributed by atoms with E-state index in [1.54, 1.807) is 6.08 Å². The number of hydrogen-bond acceptors (Lipinski definition) is 8. The normalized spacial score (nSPS) is 21.5. The molecule has 0 bridgehead atoms. The van der Waals surface area contributed by atoms with E-state index in [1.807, 2.05) is 6.08 Å². The average Bonchev–Trinajstić information content (AvgIpc) is 3.25. The van der Waals surface area contributed by atoms with Gasteiger partial charge in [-0.05, 0) is 83.5 Å². The number of aliphatic hydroxyl groups is 5. The molecule has 1 aliphatic rings. The van der Waals surface area contributed by atoms with Gasteiger partial charge in [0, 0.05) is 6.42 Å². The molecule has 1 amide bonds. The van der Waals surface area contributed by atoms with Crippen molar-refractivity contribution in [3.05, 3.63) is 97.2 Å². The van der Waals surface area contributed by atoms with Gasteiger partial charge in [0.05, 0.1) is 25.4 Å². The van der Waals surface area contributed by atoms with E-state index in [0.717, 1.165) is 89.9 Å². The number of aliphatic hydroxyl groups excluding tert-OH is 5. The Morgan fingerprint density at radius 1 is 0.583 bits per heavy atom. The first kappa shape index (κ1) is 55.1. The predicted molar refractivity (Wildman–Crippen MR) is 248 cm³/mol. The highest BCUT2D eigenvalue weighted by Gasteiger charge is 2.44. The highest BCUT2D eigenvalue weighted by Crippen LogP contribution is 2.22. The molecule has 1 rings (SSSR count). The maximum atomic E-state index is 12.9. The number of nitrogens with one attached hydrogen (secondary N) is 1. The fraction of sp³-hybridized carbons (Fsp3) is 0.667. The lowest BCUT2D eigenvalue weighted by Gasteiger charge is -2.40. The van der Waals surface area contributed by atoms with Gasteiger partial charge in [0.1, 0.15) is 24.4 Å². The van der Waals surface area contributed by atoms with Gasteiger partial charge in [0.15, 0.2) is 6.29 Å². The van der Waals surface area contributed by atoms with E-state index in [1.165, 1.54) is 51.4 Å². The van der Waals surface area contributed by atoms with Gasteiger partial charge in [-0.3, -0.25) is 4.79 Å². The fourth-order valence-electron chi connectivity index (χ4n) is 6.64. The van der Waals surface area contributed by atoms with Crippen molar-refractivity contribution in [2.45, 2.75) is 204 Å². The van der Waals surface area contributed by atoms with Crippen LogP contribution in [0.25, 0.3) is 0 Å². The molecule has 342 valence electrons. The standard InChI is InChI=1S/C51H85NO8/c1-3-5-7-9-11-13-15-16-17-18-19-20-21-22-23-24-25-26-27-28-29-30-31-33-35-37-39-41-47(55)52-44(43-59-51-50(58)49(57)48(56)46(42-53)60-51)45(54)40-38-36-34-32-14-12-10-8-6-4-2/h5,7,11,13-14,16-17,19-20,22-23,25-26,32,38,40,44-46,48-51,53-54,56-58H,3-4,6,8-10,12,15,18,21,24,27-31,33-37,39,41-43H2,1-2H3,(H,52,55)/b7-5-,13-11-,17-16-,20-19-,23-22-,26-25-,32-14+,40-38+. The maximum Gasteiger partial charge on any atom is 0.220 e. The third kappa shape index (κ3) is 30.2. The highest BCUT2D eigenvalue weighted by molar-refractivity contribution is 5.76. The van der Waals surface area contributed by atoms with Crippen LogP contribution >= 0.6 is 0 Å². The molecule has 1 heterocycles. The molecule has 0 aromatic heterocycles. The smallest absolute Gasteiger partial charge is 0.220 e. The van der Waals surface area contributed by atoms with Crippen LogP contribution in [0.5, 0.6) is 0 Å². The molecular formula is C51H85NO8. The Balaban J connectivity index is 2.27. The molecule has 0 saturated carbocycles. The van der Waals surface area contributed by atoms with Crippen LogP contribution in [0.15, 0.2) is 97.2 Å². The Bertz CT molecular complexity index is 1250. The second-order valence-electron chi connectivity index (χ2n) is 15.8. The number of carbonyl (C=O) groups excluding carboxylic acids is 1. The van der Waals surface area contributed by atoms with Gasteiger partial charge in [0.25, 0.3) is 0 Å². The van der Waals surface area contributed by atoms with E-state index >= 15 is 0 Å². The lowest BCUT2D eigenvalue weighted by Crippen LogP contribution is -2.60. The van der Waals surface area contributed by atoms with Crippen molar-refractivity contribution in [2.75, 3.05) is 13.2 Å². The van der Waals surface area contributed by atoms with Crippen molar-refractivity contribution >= 4 is 5.91 Å². The molecule has 9 nitrogen and oxygen atoms in total. The monoisotopic (exact) mass is 840 g/mol. The zero-order valence-electron chi connectivity index (χ0n) is 37.4. The third-order valence-electron chi connectivity index (χ3n) is 10.4. The zero-order valence-corrected chi connectivity index (χ0v) is 37.4. The van der Waals surface area contributed by atoms with Crippen LogP contribution < -0.4 is 5.32 Å². The number of unbranched alkanes of at least 4 members (excludes halogenated alkanes) is 13. The summed E-state index contributed by atoms with van der Waals surface area (Å²) in [5.74, 6) is -0.203. The lowest BCUT2D eigenvalue weighted by atomic mass is 9.99. The number of ether oxygens (including phenoxy) is 2. The van der Waals surface area contributed by atoms with E-state index in [4.69, 9.17) is 9.47 Å². The van der Waals surface area contributed by atoms with Crippen LogP contribution in [0.2, 0.25) is 0 Å². The number of rotatable bonds is 37. The molecule has 9 heteroatoms. The van der Waals surface area contributed by atoms with Gasteiger partial charge in [-0.1, -0.05) is 169 Å². The van der Waals surface area contributed by atoms with E-state index < -0.39 is 49.5 Å². The Morgan fingerprint density at radius 2 is 1.05 bits per heavy atom. The molecule has 6 N–H and O–H groups in total. The Labute approximate surface area is 364 Å². The lowest BCUT2D eigenvalue weighted by molar-refractivity contribution is -0.302. The van der Waals surface area contributed by atoms with E-state index in [2.05, 4.69) is 104 Å². The van der Waals surface area contributed by atoms with Crippen molar-refractivity contribution in [1.82, 2.24) is 5.32 Å². The first-order chi connectivity index (χ1) is 29.3. The van der Waals surface area contributed by atoms with Crippen LogP contribution in [0.3, 0.4) is 0 Å². The van der Waals surface area contributed by atoms with Crippen molar-refractivity contribution in [3.8, 4) is 0 Å². The van der Waals surface area contributed by atoms with Gasteiger partial charge in [0.2, 0.25) is 5.91 Å². The summed E-state index contributed by atoms with van der Waals surface area (Å²) in [7, 11) is 0. The summed E-state index contributed by atoms with van der Waals surface area (Å²) in [5.41, 5.74) is 0. The van der Waals surface area contributed by atoms with E-state index in [-0.39, 0.29) is 12.5 Å². The van der Waals surface area contributed by atoms with Crippen molar-refractivity contribution in [3.63, 3.8) is 0 Å². The van der Waals surface area contributed by atoms with Gasteiger partial charge < -0.3 is 40.3 Å². The van der Waals surface area contributed by atoms with Crippen LogP contribution in [0, 0.1) is 0 Å². The topological polar surface area (TPSA) is 149 Å². The van der Waals surface area contributed by atoms with Crippen LogP contribution in [0.4, 0.5) is 0 Å². The van der Waals surface area contributed by atoms with Gasteiger partial charge in [-0.2, -0.15) is 0 Å². The predicted octanol–water partition coefficient (Wildman–Crippen LogP) is 10.1. The third-order valence-corrected chi connectivity index (χ3v) is 10.4. The van der Waals surface area contributed by atoms with Crippen LogP contribution in [-0.2, 0) is 14.3 Å². The van der Waals surface area contributed by atoms with Crippen LogP contribution in [-0.4, -0.2) is 87.5 Å². The number of amides is 1. The second kappa shape index (κ2) is 40.2. The van der Waals surface area contributed by atoms with Gasteiger partial charge in [-0.25, -0.2) is 0 Å². The van der Waals surface area contributed by atoms with Crippen molar-refractivity contribution in [1.29, 1.82) is 0 Å². The minimum absolute atomic E-state index is 0.203. The summed E-state index contributed by atoms with van der Waals surface area (Å²) in [5, 5.41) is 54.0. The van der Waals surface area contributed by atoms with E-state index in [0.29, 0.717) is 6.42 Å². The minimum atomic E-state index is -1.58. The summed E-state index contributed by atoms with van der Waals surface area (Å²) < 4.78 is 11.2. The summed E-state index contributed by atoms with van der Waals surface area (Å²) in [6, 6.07) is -0.830. The van der Waals surface area contributed by atoms with Gasteiger partial charge >= 0.3 is 0 Å². The highest BCUT2D eigenvalue weighted by atomic mass is 16.7. The number of carbonyl (C=O) groups is 1. The Hall–Kier alpha value is -2.89. The van der Waals surface area contributed by atoms with E-state index in [9.17, 15) is 30.3 Å². The number of allylic oxidation sites excluding steroid dienone is 15. The quantitative estimate of drug-likeness (QED) is 0.0268. The Kier molecular flexibility index (Phi) is 36.9. The summed E-state index contributed by atoms with van der Waals surface area (Å²) in [4.78, 5) is 12.9. The largest absolute Gasteiger partial charge is 0.394 e. The molecule has 7 unspecified atom stereocenters. The molecule has 7 atom stereocenters. The SMILES string of the molecule is CC/C=C\C/C=C\C/C=C\C/C=C\C/C=C\C/C=C\CCCCCCCCCCC(=O)NC(COC1OC(CO)C(O)C(O)C1O)C(O)/C=C/CC/C=C/CCCCCC. The first-order valence-electron chi connectivity index (χ1n) is 23.5. The summed E-state index contributed by atoms with van der Waals surface area (Å²) in [6.07, 6.45) is 50.3. The molecule has 60 heavy (non-hydrogen) atoms. The molecule has 0 aromatic carbocycles. The number of hydrogen-bond donors (Lipinski definition) is 6. The molecule has 0 aliphatic carbocycles. The molecule has 1 fully saturated rings. The Morgan fingerprint density at radius 3 is 1.60 bits per heavy atom. The molecule has 0 aromatic rings. The zero-order chi connectivity index (χ0) is 43.7. The van der Waals surface area contributed by atoms with Crippen molar-refractivity contribution < 1.29 is 39.8 Å². The summed E-state index contributed by atoms with van der Waals surface area (Å²) >= 11 is 0. The molecule has 1 saturated heterocycles. The fourth-order valence-corrected chi connectivity index (χ4v) is 6.64. The van der Waals surface area contributed by atoms with Crippen LogP contribution in [0.1, 0.15) is 162 Å². The maximum absolute atomic E-state index is 12.9. The first-order valence-corrected chi connectivity index (χ1v) is 23.5. The minimum Gasteiger partial charge on any atom is -0.394 e. The molecule has 1 aliphatic heterocycles. The van der Waals surface area contributed by atoms with Crippen molar-refractivity contribution in [2.24, 2.45) is 0 Å².